The van der Waals surface area contributed by atoms with E-state index in [4.69, 9.17) is 11.6 Å². The minimum Gasteiger partial charge on any atom is -0.343 e. The van der Waals surface area contributed by atoms with Gasteiger partial charge in [0.25, 0.3) is 0 Å². The van der Waals surface area contributed by atoms with Crippen molar-refractivity contribution in [1.29, 1.82) is 0 Å². The maximum absolute atomic E-state index is 12.5. The molecular formula is C22H23ClN8O. The number of rotatable bonds is 6. The second-order valence-electron chi connectivity index (χ2n) is 8.82. The molecule has 3 heterocycles. The molecule has 2 saturated carbocycles. The monoisotopic (exact) mass is 450 g/mol. The average Bonchev–Trinajstić information content (AvgIpc) is 3.67. The Morgan fingerprint density at radius 1 is 1.16 bits per heavy atom. The number of hydrogen-bond donors (Lipinski definition) is 2. The van der Waals surface area contributed by atoms with Gasteiger partial charge in [0.2, 0.25) is 11.9 Å². The second kappa shape index (κ2) is 7.16. The fourth-order valence-corrected chi connectivity index (χ4v) is 4.48. The summed E-state index contributed by atoms with van der Waals surface area (Å²) in [7, 11) is 0. The van der Waals surface area contributed by atoms with Crippen LogP contribution in [0, 0.1) is 12.8 Å². The van der Waals surface area contributed by atoms with E-state index in [1.807, 2.05) is 42.0 Å². The summed E-state index contributed by atoms with van der Waals surface area (Å²) in [5.74, 6) is 1.98. The molecule has 3 fully saturated rings. The summed E-state index contributed by atoms with van der Waals surface area (Å²) in [5, 5.41) is 7.11. The van der Waals surface area contributed by atoms with Crippen LogP contribution in [-0.2, 0) is 5.54 Å². The van der Waals surface area contributed by atoms with Crippen LogP contribution in [0.5, 0.6) is 0 Å². The van der Waals surface area contributed by atoms with Crippen molar-refractivity contribution in [3.63, 3.8) is 0 Å². The normalized spacial score (nSPS) is 21.5. The summed E-state index contributed by atoms with van der Waals surface area (Å²) < 4.78 is 1.98. The Hall–Kier alpha value is -3.20. The number of aryl methyl sites for hydroxylation is 1. The van der Waals surface area contributed by atoms with Gasteiger partial charge in [-0.05, 0) is 62.8 Å². The van der Waals surface area contributed by atoms with Gasteiger partial charge in [-0.2, -0.15) is 15.0 Å². The Morgan fingerprint density at radius 2 is 1.94 bits per heavy atom. The van der Waals surface area contributed by atoms with E-state index in [2.05, 4.69) is 30.6 Å². The topological polar surface area (TPSA) is 101 Å². The molecule has 3 aromatic rings. The van der Waals surface area contributed by atoms with Crippen molar-refractivity contribution in [3.05, 3.63) is 53.3 Å². The largest absolute Gasteiger partial charge is 0.343 e. The molecule has 1 saturated heterocycles. The zero-order valence-electron chi connectivity index (χ0n) is 17.6. The summed E-state index contributed by atoms with van der Waals surface area (Å²) in [4.78, 5) is 32.4. The maximum atomic E-state index is 12.5. The van der Waals surface area contributed by atoms with Gasteiger partial charge >= 0.3 is 6.03 Å². The number of urea groups is 1. The quantitative estimate of drug-likeness (QED) is 0.596. The highest BCUT2D eigenvalue weighted by Gasteiger charge is 2.48. The third-order valence-electron chi connectivity index (χ3n) is 6.43. The van der Waals surface area contributed by atoms with Crippen LogP contribution in [0.1, 0.15) is 37.2 Å². The fraction of sp³-hybridized carbons (Fsp3) is 0.409. The number of anilines is 2. The van der Waals surface area contributed by atoms with E-state index in [0.29, 0.717) is 35.2 Å². The highest BCUT2D eigenvalue weighted by Crippen LogP contribution is 2.47. The first-order valence-electron chi connectivity index (χ1n) is 10.9. The summed E-state index contributed by atoms with van der Waals surface area (Å²) in [6.45, 7) is 2.47. The molecule has 0 radical (unpaired) electrons. The molecule has 3 aliphatic rings. The van der Waals surface area contributed by atoms with E-state index in [0.717, 1.165) is 37.1 Å². The molecule has 2 aromatic heterocycles. The lowest BCUT2D eigenvalue weighted by molar-refractivity contribution is 0.251. The molecule has 1 aliphatic heterocycles. The van der Waals surface area contributed by atoms with Gasteiger partial charge < -0.3 is 15.2 Å². The van der Waals surface area contributed by atoms with E-state index in [1.54, 1.807) is 11.2 Å². The Morgan fingerprint density at radius 3 is 2.66 bits per heavy atom. The molecule has 1 aromatic carbocycles. The standard InChI is InChI=1S/C22H23ClN8O/c1-13-26-19(28-20(27-13)31-17(14-2-3-14)10-24-21(31)32)29-22(8-9-22)18-11-30(12-25-18)16-6-4-15(23)5-7-16/h4-7,11-12,14,17H,2-3,8-10H2,1H3,(H,24,32)(H,26,27,28,29)/t17-/m1/s1. The Bertz CT molecular complexity index is 1180. The van der Waals surface area contributed by atoms with Gasteiger partial charge in [-0.15, -0.1) is 0 Å². The van der Waals surface area contributed by atoms with Crippen LogP contribution in [0.2, 0.25) is 5.02 Å². The summed E-state index contributed by atoms with van der Waals surface area (Å²) in [6, 6.07) is 7.61. The lowest BCUT2D eigenvalue weighted by Crippen LogP contribution is -2.37. The lowest BCUT2D eigenvalue weighted by atomic mass is 10.2. The zero-order valence-corrected chi connectivity index (χ0v) is 18.4. The summed E-state index contributed by atoms with van der Waals surface area (Å²) in [5.41, 5.74) is 1.61. The number of nitrogens with zero attached hydrogens (tertiary/aromatic N) is 6. The van der Waals surface area contributed by atoms with Gasteiger partial charge in [0.15, 0.2) is 0 Å². The molecule has 2 aliphatic carbocycles. The van der Waals surface area contributed by atoms with Crippen molar-refractivity contribution in [2.75, 3.05) is 16.8 Å². The first-order valence-corrected chi connectivity index (χ1v) is 11.3. The zero-order chi connectivity index (χ0) is 21.9. The molecule has 0 bridgehead atoms. The van der Waals surface area contributed by atoms with Gasteiger partial charge in [-0.3, -0.25) is 4.90 Å². The molecule has 0 spiro atoms. The van der Waals surface area contributed by atoms with Gasteiger partial charge in [-0.25, -0.2) is 9.78 Å². The summed E-state index contributed by atoms with van der Waals surface area (Å²) in [6.07, 6.45) is 7.98. The Kier molecular flexibility index (Phi) is 4.36. The first kappa shape index (κ1) is 19.5. The number of aromatic nitrogens is 5. The van der Waals surface area contributed by atoms with E-state index < -0.39 is 0 Å². The SMILES string of the molecule is Cc1nc(NC2(c3cn(-c4ccc(Cl)cc4)cn3)CC2)nc(N2C(=O)NC[C@@H]2C2CC2)n1. The maximum Gasteiger partial charge on any atom is 0.324 e. The minimum absolute atomic E-state index is 0.113. The van der Waals surface area contributed by atoms with Gasteiger partial charge in [0, 0.05) is 23.5 Å². The van der Waals surface area contributed by atoms with Crippen molar-refractivity contribution in [2.45, 2.75) is 44.2 Å². The number of carbonyl (C=O) groups is 1. The number of benzene rings is 1. The van der Waals surface area contributed by atoms with Gasteiger partial charge in [0.05, 0.1) is 23.6 Å². The smallest absolute Gasteiger partial charge is 0.324 e. The number of halogens is 1. The van der Waals surface area contributed by atoms with E-state index in [9.17, 15) is 4.79 Å². The van der Waals surface area contributed by atoms with E-state index >= 15 is 0 Å². The van der Waals surface area contributed by atoms with Crippen molar-refractivity contribution in [3.8, 4) is 5.69 Å². The first-order chi connectivity index (χ1) is 15.5. The molecule has 1 atom stereocenters. The number of amides is 2. The van der Waals surface area contributed by atoms with E-state index in [-0.39, 0.29) is 17.6 Å². The minimum atomic E-state index is -0.314. The number of nitrogens with one attached hydrogen (secondary N) is 2. The van der Waals surface area contributed by atoms with Crippen LogP contribution in [0.15, 0.2) is 36.8 Å². The predicted molar refractivity (Wildman–Crippen MR) is 120 cm³/mol. The van der Waals surface area contributed by atoms with Crippen LogP contribution < -0.4 is 15.5 Å². The van der Waals surface area contributed by atoms with Crippen molar-refractivity contribution in [1.82, 2.24) is 29.8 Å². The molecule has 6 rings (SSSR count). The molecule has 164 valence electrons. The molecule has 32 heavy (non-hydrogen) atoms. The Labute approximate surface area is 190 Å². The third kappa shape index (κ3) is 3.46. The second-order valence-corrected chi connectivity index (χ2v) is 9.25. The van der Waals surface area contributed by atoms with Crippen molar-refractivity contribution in [2.24, 2.45) is 5.92 Å². The summed E-state index contributed by atoms with van der Waals surface area (Å²) >= 11 is 6.01. The molecule has 9 nitrogen and oxygen atoms in total. The molecule has 2 amide bonds. The molecule has 0 unspecified atom stereocenters. The fourth-order valence-electron chi connectivity index (χ4n) is 4.36. The van der Waals surface area contributed by atoms with Crippen LogP contribution in [-0.4, -0.2) is 43.1 Å². The van der Waals surface area contributed by atoms with Crippen molar-refractivity contribution < 1.29 is 4.79 Å². The molecule has 10 heteroatoms. The van der Waals surface area contributed by atoms with Crippen LogP contribution in [0.3, 0.4) is 0 Å². The predicted octanol–water partition coefficient (Wildman–Crippen LogP) is 3.43. The molecule has 2 N–H and O–H groups in total. The van der Waals surface area contributed by atoms with E-state index in [1.165, 1.54) is 0 Å². The van der Waals surface area contributed by atoms with Crippen LogP contribution >= 0.6 is 11.6 Å². The van der Waals surface area contributed by atoms with Gasteiger partial charge in [0.1, 0.15) is 5.82 Å². The highest BCUT2D eigenvalue weighted by atomic mass is 35.5. The average molecular weight is 451 g/mol. The van der Waals surface area contributed by atoms with Crippen molar-refractivity contribution >= 4 is 29.5 Å². The third-order valence-corrected chi connectivity index (χ3v) is 6.68. The number of carbonyl (C=O) groups excluding carboxylic acids is 1. The Balaban J connectivity index is 1.27. The highest BCUT2D eigenvalue weighted by molar-refractivity contribution is 6.30. The van der Waals surface area contributed by atoms with Crippen LogP contribution in [0.4, 0.5) is 16.7 Å². The number of hydrogen-bond acceptors (Lipinski definition) is 6. The van der Waals surface area contributed by atoms with Crippen LogP contribution in [0.25, 0.3) is 5.69 Å². The lowest BCUT2D eigenvalue weighted by Gasteiger charge is -2.22. The van der Waals surface area contributed by atoms with Gasteiger partial charge in [-0.1, -0.05) is 11.6 Å². The molecular weight excluding hydrogens is 428 g/mol. The number of imidazole rings is 1.